The number of hydrogen-bond donors (Lipinski definition) is 3. The van der Waals surface area contributed by atoms with Crippen molar-refractivity contribution in [3.8, 4) is 0 Å². The minimum atomic E-state index is -4.11. The van der Waals surface area contributed by atoms with E-state index in [1.165, 1.54) is 12.1 Å². The smallest absolute Gasteiger partial charge is 0.241 e. The normalized spacial score (nSPS) is 11.4. The number of nitrogens with one attached hydrogen (secondary N) is 2. The first-order valence-corrected chi connectivity index (χ1v) is 7.91. The van der Waals surface area contributed by atoms with Crippen LogP contribution in [0.4, 0.5) is 4.39 Å². The molecule has 0 aliphatic heterocycles. The maximum atomic E-state index is 13.7. The lowest BCUT2D eigenvalue weighted by atomic mass is 10.2. The van der Waals surface area contributed by atoms with E-state index < -0.39 is 33.2 Å². The fourth-order valence-corrected chi connectivity index (χ4v) is 3.06. The Morgan fingerprint density at radius 3 is 2.57 bits per heavy atom. The molecular formula is C12H16FN3O3S2. The number of carbonyl (C=O) groups is 1. The highest BCUT2D eigenvalue weighted by Crippen LogP contribution is 2.18. The van der Waals surface area contributed by atoms with Gasteiger partial charge in [-0.25, -0.2) is 17.5 Å². The van der Waals surface area contributed by atoms with Crippen LogP contribution in [0.15, 0.2) is 23.1 Å². The average Bonchev–Trinajstić information content (AvgIpc) is 2.35. The predicted octanol–water partition coefficient (Wildman–Crippen LogP) is 0.263. The van der Waals surface area contributed by atoms with Gasteiger partial charge in [-0.1, -0.05) is 18.3 Å². The van der Waals surface area contributed by atoms with Crippen LogP contribution >= 0.6 is 12.2 Å². The van der Waals surface area contributed by atoms with Gasteiger partial charge in [-0.05, 0) is 26.0 Å². The molecular weight excluding hydrogens is 317 g/mol. The quantitative estimate of drug-likeness (QED) is 0.649. The van der Waals surface area contributed by atoms with E-state index >= 15 is 0 Å². The second kappa shape index (κ2) is 6.92. The molecule has 4 N–H and O–H groups in total. The molecule has 0 bridgehead atoms. The number of hydrogen-bond acceptors (Lipinski definition) is 4. The number of halogens is 1. The molecule has 0 unspecified atom stereocenters. The summed E-state index contributed by atoms with van der Waals surface area (Å²) in [6, 6.07) is 3.32. The lowest BCUT2D eigenvalue weighted by molar-refractivity contribution is -0.120. The topological polar surface area (TPSA) is 101 Å². The molecule has 6 nitrogen and oxygen atoms in total. The third kappa shape index (κ3) is 4.73. The van der Waals surface area contributed by atoms with Gasteiger partial charge in [0.05, 0.1) is 17.0 Å². The maximum Gasteiger partial charge on any atom is 0.241 e. The van der Waals surface area contributed by atoms with E-state index in [1.807, 2.05) is 0 Å². The molecule has 1 aromatic carbocycles. The van der Waals surface area contributed by atoms with Gasteiger partial charge in [0.1, 0.15) is 10.8 Å². The molecule has 0 heterocycles. The van der Waals surface area contributed by atoms with Gasteiger partial charge < -0.3 is 11.1 Å². The highest BCUT2D eigenvalue weighted by molar-refractivity contribution is 7.89. The summed E-state index contributed by atoms with van der Waals surface area (Å²) in [6.07, 6.45) is 0. The van der Waals surface area contributed by atoms with Crippen LogP contribution in [0.2, 0.25) is 0 Å². The Morgan fingerprint density at radius 1 is 1.43 bits per heavy atom. The molecule has 0 radical (unpaired) electrons. The lowest BCUT2D eigenvalue weighted by Gasteiger charge is -2.12. The van der Waals surface area contributed by atoms with E-state index in [9.17, 15) is 17.6 Å². The molecule has 21 heavy (non-hydrogen) atoms. The summed E-state index contributed by atoms with van der Waals surface area (Å²) in [4.78, 5) is 10.7. The van der Waals surface area contributed by atoms with Gasteiger partial charge in [-0.15, -0.1) is 0 Å². The number of rotatable bonds is 6. The monoisotopic (exact) mass is 333 g/mol. The molecule has 0 aliphatic rings. The Morgan fingerprint density at radius 2 is 2.05 bits per heavy atom. The lowest BCUT2D eigenvalue weighted by Crippen LogP contribution is -2.40. The van der Waals surface area contributed by atoms with Crippen LogP contribution in [-0.2, 0) is 14.8 Å². The van der Waals surface area contributed by atoms with E-state index in [0.717, 1.165) is 6.07 Å². The van der Waals surface area contributed by atoms with Crippen molar-refractivity contribution >= 4 is 33.1 Å². The van der Waals surface area contributed by atoms with Gasteiger partial charge in [-0.2, -0.15) is 0 Å². The van der Waals surface area contributed by atoms with Crippen LogP contribution in [0.25, 0.3) is 0 Å². The van der Waals surface area contributed by atoms with E-state index in [0.29, 0.717) is 0 Å². The van der Waals surface area contributed by atoms with Gasteiger partial charge >= 0.3 is 0 Å². The van der Waals surface area contributed by atoms with Crippen LogP contribution in [0, 0.1) is 5.82 Å². The van der Waals surface area contributed by atoms with Gasteiger partial charge in [-0.3, -0.25) is 4.79 Å². The van der Waals surface area contributed by atoms with Gasteiger partial charge in [0.15, 0.2) is 0 Å². The Labute approximate surface area is 128 Å². The highest BCUT2D eigenvalue weighted by Gasteiger charge is 2.23. The summed E-state index contributed by atoms with van der Waals surface area (Å²) in [5, 5.41) is 2.53. The van der Waals surface area contributed by atoms with Crippen molar-refractivity contribution in [1.29, 1.82) is 0 Å². The molecule has 116 valence electrons. The van der Waals surface area contributed by atoms with E-state index in [4.69, 9.17) is 5.73 Å². The van der Waals surface area contributed by atoms with Crippen molar-refractivity contribution in [1.82, 2.24) is 10.0 Å². The Kier molecular flexibility index (Phi) is 5.76. The van der Waals surface area contributed by atoms with Crippen molar-refractivity contribution in [3.05, 3.63) is 29.6 Å². The zero-order valence-electron chi connectivity index (χ0n) is 11.5. The molecule has 0 atom stereocenters. The molecule has 1 aromatic rings. The first-order chi connectivity index (χ1) is 9.65. The predicted molar refractivity (Wildman–Crippen MR) is 80.8 cm³/mol. The highest BCUT2D eigenvalue weighted by atomic mass is 32.2. The number of sulfonamides is 1. The van der Waals surface area contributed by atoms with Crippen molar-refractivity contribution in [2.75, 3.05) is 6.54 Å². The summed E-state index contributed by atoms with van der Waals surface area (Å²) in [6.45, 7) is 3.02. The summed E-state index contributed by atoms with van der Waals surface area (Å²) < 4.78 is 40.0. The molecule has 1 amide bonds. The molecule has 0 aromatic heterocycles. The van der Waals surface area contributed by atoms with Crippen molar-refractivity contribution in [3.63, 3.8) is 0 Å². The number of thiocarbonyl (C=S) groups is 1. The Bertz CT molecular complexity index is 660. The molecule has 9 heteroatoms. The van der Waals surface area contributed by atoms with Gasteiger partial charge in [0.25, 0.3) is 0 Å². The third-order valence-corrected chi connectivity index (χ3v) is 4.03. The van der Waals surface area contributed by atoms with E-state index in [-0.39, 0.29) is 16.6 Å². The molecule has 0 saturated carbocycles. The third-order valence-electron chi connectivity index (χ3n) is 2.38. The van der Waals surface area contributed by atoms with Crippen molar-refractivity contribution in [2.24, 2.45) is 5.73 Å². The number of carbonyl (C=O) groups excluding carboxylic acids is 1. The first kappa shape index (κ1) is 17.5. The molecule has 1 rings (SSSR count). The molecule has 0 spiro atoms. The Balaban J connectivity index is 3.02. The number of nitrogens with two attached hydrogens (primary N) is 1. The minimum absolute atomic E-state index is 0.122. The maximum absolute atomic E-state index is 13.7. The average molecular weight is 333 g/mol. The molecule has 0 aliphatic carbocycles. The number of benzene rings is 1. The summed E-state index contributed by atoms with van der Waals surface area (Å²) in [5.41, 5.74) is 4.98. The summed E-state index contributed by atoms with van der Waals surface area (Å²) in [5.74, 6) is -1.33. The summed E-state index contributed by atoms with van der Waals surface area (Å²) in [7, 11) is -4.11. The van der Waals surface area contributed by atoms with Crippen LogP contribution in [0.1, 0.15) is 19.4 Å². The van der Waals surface area contributed by atoms with Crippen LogP contribution in [-0.4, -0.2) is 31.9 Å². The van der Waals surface area contributed by atoms with Gasteiger partial charge in [0.2, 0.25) is 15.9 Å². The minimum Gasteiger partial charge on any atom is -0.389 e. The van der Waals surface area contributed by atoms with E-state index in [1.54, 1.807) is 13.8 Å². The van der Waals surface area contributed by atoms with E-state index in [2.05, 4.69) is 22.3 Å². The molecule has 0 saturated heterocycles. The second-order valence-electron chi connectivity index (χ2n) is 4.52. The first-order valence-electron chi connectivity index (χ1n) is 6.02. The van der Waals surface area contributed by atoms with Crippen LogP contribution in [0.3, 0.4) is 0 Å². The largest absolute Gasteiger partial charge is 0.389 e. The zero-order chi connectivity index (χ0) is 16.2. The fraction of sp³-hybridized carbons (Fsp3) is 0.333. The van der Waals surface area contributed by atoms with Crippen molar-refractivity contribution in [2.45, 2.75) is 24.8 Å². The fourth-order valence-electron chi connectivity index (χ4n) is 1.58. The van der Waals surface area contributed by atoms with Crippen LogP contribution < -0.4 is 15.8 Å². The second-order valence-corrected chi connectivity index (χ2v) is 6.70. The molecule has 0 fully saturated rings. The zero-order valence-corrected chi connectivity index (χ0v) is 13.1. The number of amides is 1. The van der Waals surface area contributed by atoms with Crippen molar-refractivity contribution < 1.29 is 17.6 Å². The van der Waals surface area contributed by atoms with Gasteiger partial charge in [0, 0.05) is 6.04 Å². The SMILES string of the molecule is CC(C)NC(=O)CNS(=O)(=O)c1cccc(F)c1C(N)=S. The summed E-state index contributed by atoms with van der Waals surface area (Å²) >= 11 is 4.66. The Hall–Kier alpha value is -1.58. The van der Waals surface area contributed by atoms with Crippen LogP contribution in [0.5, 0.6) is 0 Å². The standard InChI is InChI=1S/C12H16FN3O3S2/c1-7(2)16-10(17)6-15-21(18,19)9-5-3-4-8(13)11(9)12(14)20/h3-5,7,15H,6H2,1-2H3,(H2,14,20)(H,16,17).